The first kappa shape index (κ1) is 17.8. The van der Waals surface area contributed by atoms with Gasteiger partial charge < -0.3 is 14.7 Å². The van der Waals surface area contributed by atoms with Crippen LogP contribution < -0.4 is 0 Å². The number of benzene rings is 1. The zero-order chi connectivity index (χ0) is 18.2. The van der Waals surface area contributed by atoms with Crippen LogP contribution in [0.2, 0.25) is 0 Å². The second-order valence-corrected chi connectivity index (χ2v) is 7.11. The number of hydrogen-bond acceptors (Lipinski definition) is 4. The zero-order valence-corrected chi connectivity index (χ0v) is 14.5. The minimum absolute atomic E-state index is 0.0269. The molecular formula is C18H23FN2O4. The lowest BCUT2D eigenvalue weighted by Crippen LogP contribution is -2.42. The molecule has 2 aliphatic rings. The van der Waals surface area contributed by atoms with Gasteiger partial charge in [0.05, 0.1) is 0 Å². The second-order valence-electron chi connectivity index (χ2n) is 7.11. The molecule has 2 atom stereocenters. The molecule has 2 aliphatic heterocycles. The Morgan fingerprint density at radius 2 is 2.12 bits per heavy atom. The molecule has 136 valence electrons. The maximum atomic E-state index is 13.3. The molecule has 1 amide bonds. The van der Waals surface area contributed by atoms with Gasteiger partial charge in [0.25, 0.3) is 0 Å². The molecule has 25 heavy (non-hydrogen) atoms. The minimum atomic E-state index is -0.933. The lowest BCUT2D eigenvalue weighted by Gasteiger charge is -2.25. The maximum Gasteiger partial charge on any atom is 0.313 e. The van der Waals surface area contributed by atoms with E-state index in [0.29, 0.717) is 26.2 Å². The normalized spacial score (nSPS) is 26.0. The molecule has 2 heterocycles. The molecule has 0 unspecified atom stereocenters. The number of carbonyl (C=O) groups excluding carboxylic acids is 1. The summed E-state index contributed by atoms with van der Waals surface area (Å²) in [5.74, 6) is -1.40. The summed E-state index contributed by atoms with van der Waals surface area (Å²) in [5.41, 5.74) is 0.921. The number of nitrogens with zero attached hydrogens (tertiary/aromatic N) is 2. The van der Waals surface area contributed by atoms with Crippen molar-refractivity contribution in [3.63, 3.8) is 0 Å². The summed E-state index contributed by atoms with van der Waals surface area (Å²) in [5, 5.41) is 9.83. The van der Waals surface area contributed by atoms with Crippen molar-refractivity contribution in [2.75, 3.05) is 39.9 Å². The predicted octanol–water partition coefficient (Wildman–Crippen LogP) is 1.13. The molecule has 3 rings (SSSR count). The first-order chi connectivity index (χ1) is 11.9. The van der Waals surface area contributed by atoms with Crippen LogP contribution in [0.5, 0.6) is 0 Å². The Morgan fingerprint density at radius 1 is 1.36 bits per heavy atom. The topological polar surface area (TPSA) is 70.1 Å². The number of ether oxygens (including phenoxy) is 1. The van der Waals surface area contributed by atoms with Crippen molar-refractivity contribution in [2.45, 2.75) is 13.5 Å². The molecule has 7 heteroatoms. The van der Waals surface area contributed by atoms with Gasteiger partial charge in [-0.2, -0.15) is 0 Å². The van der Waals surface area contributed by atoms with Crippen molar-refractivity contribution >= 4 is 11.9 Å². The van der Waals surface area contributed by atoms with Gasteiger partial charge in [-0.1, -0.05) is 6.07 Å². The van der Waals surface area contributed by atoms with Crippen molar-refractivity contribution in [3.8, 4) is 0 Å². The SMILES string of the molecule is COCC(=O)N1C[C@@H]2CN(Cc3ccc(F)cc3C)C[C@]2(C(=O)O)C1. The first-order valence-corrected chi connectivity index (χ1v) is 8.33. The number of aliphatic carboxylic acids is 1. The number of carboxylic acids is 1. The van der Waals surface area contributed by atoms with Crippen LogP contribution in [0.15, 0.2) is 18.2 Å². The quantitative estimate of drug-likeness (QED) is 0.862. The molecule has 0 radical (unpaired) electrons. The Balaban J connectivity index is 1.73. The molecule has 0 spiro atoms. The summed E-state index contributed by atoms with van der Waals surface area (Å²) in [6, 6.07) is 4.67. The number of fused-ring (bicyclic) bond motifs is 1. The van der Waals surface area contributed by atoms with Gasteiger partial charge in [0.15, 0.2) is 0 Å². The van der Waals surface area contributed by atoms with E-state index < -0.39 is 11.4 Å². The average molecular weight is 350 g/mol. The van der Waals surface area contributed by atoms with Crippen LogP contribution in [0, 0.1) is 24.1 Å². The molecule has 0 aliphatic carbocycles. The number of halogens is 1. The molecule has 6 nitrogen and oxygen atoms in total. The monoisotopic (exact) mass is 350 g/mol. The van der Waals surface area contributed by atoms with Crippen molar-refractivity contribution < 1.29 is 23.8 Å². The van der Waals surface area contributed by atoms with Crippen LogP contribution in [0.3, 0.4) is 0 Å². The number of carbonyl (C=O) groups is 2. The van der Waals surface area contributed by atoms with E-state index in [9.17, 15) is 19.1 Å². The number of aryl methyl sites for hydroxylation is 1. The largest absolute Gasteiger partial charge is 0.481 e. The summed E-state index contributed by atoms with van der Waals surface area (Å²) in [6.45, 7) is 4.07. The van der Waals surface area contributed by atoms with Crippen molar-refractivity contribution in [3.05, 3.63) is 35.1 Å². The fourth-order valence-electron chi connectivity index (χ4n) is 4.07. The lowest BCUT2D eigenvalue weighted by molar-refractivity contribution is -0.149. The van der Waals surface area contributed by atoms with Crippen molar-refractivity contribution in [1.82, 2.24) is 9.80 Å². The van der Waals surface area contributed by atoms with E-state index in [1.165, 1.54) is 19.2 Å². The molecule has 1 aromatic carbocycles. The van der Waals surface area contributed by atoms with E-state index in [2.05, 4.69) is 4.90 Å². The fourth-order valence-corrected chi connectivity index (χ4v) is 4.07. The number of carboxylic acid groups (broad SMARTS) is 1. The van der Waals surface area contributed by atoms with Crippen LogP contribution >= 0.6 is 0 Å². The zero-order valence-electron chi connectivity index (χ0n) is 14.5. The summed E-state index contributed by atoms with van der Waals surface area (Å²) in [6.07, 6.45) is 0. The predicted molar refractivity (Wildman–Crippen MR) is 88.4 cm³/mol. The third kappa shape index (κ3) is 3.26. The Hall–Kier alpha value is -1.99. The van der Waals surface area contributed by atoms with E-state index in [4.69, 9.17) is 4.74 Å². The second kappa shape index (κ2) is 6.72. The molecule has 1 aromatic rings. The van der Waals surface area contributed by atoms with E-state index >= 15 is 0 Å². The van der Waals surface area contributed by atoms with Gasteiger partial charge >= 0.3 is 5.97 Å². The van der Waals surface area contributed by atoms with Gasteiger partial charge in [0.1, 0.15) is 17.8 Å². The molecule has 2 fully saturated rings. The van der Waals surface area contributed by atoms with Crippen LogP contribution in [0.25, 0.3) is 0 Å². The number of likely N-dealkylation sites (tertiary alicyclic amines) is 2. The lowest BCUT2D eigenvalue weighted by atomic mass is 9.81. The number of amides is 1. The highest BCUT2D eigenvalue weighted by molar-refractivity contribution is 5.82. The van der Waals surface area contributed by atoms with Gasteiger partial charge in [-0.15, -0.1) is 0 Å². The Morgan fingerprint density at radius 3 is 2.72 bits per heavy atom. The summed E-state index contributed by atoms with van der Waals surface area (Å²) in [7, 11) is 1.45. The molecular weight excluding hydrogens is 327 g/mol. The Bertz CT molecular complexity index is 696. The molecule has 0 aromatic heterocycles. The van der Waals surface area contributed by atoms with Crippen LogP contribution in [-0.2, 0) is 20.9 Å². The van der Waals surface area contributed by atoms with Crippen molar-refractivity contribution in [1.29, 1.82) is 0 Å². The van der Waals surface area contributed by atoms with E-state index in [1.807, 2.05) is 6.92 Å². The standard InChI is InChI=1S/C18H23FN2O4/c1-12-5-15(19)4-3-13(12)6-20-7-14-8-21(16(22)9-25-2)11-18(14,10-20)17(23)24/h3-5,14H,6-11H2,1-2H3,(H,23,24)/t14-,18-/m0/s1. The van der Waals surface area contributed by atoms with E-state index in [0.717, 1.165) is 11.1 Å². The number of rotatable bonds is 5. The first-order valence-electron chi connectivity index (χ1n) is 8.33. The fraction of sp³-hybridized carbons (Fsp3) is 0.556. The third-order valence-electron chi connectivity index (χ3n) is 5.42. The summed E-state index contributed by atoms with van der Waals surface area (Å²) >= 11 is 0. The minimum Gasteiger partial charge on any atom is -0.481 e. The molecule has 0 saturated carbocycles. The molecule has 2 saturated heterocycles. The Labute approximate surface area is 146 Å². The number of hydrogen-bond donors (Lipinski definition) is 1. The third-order valence-corrected chi connectivity index (χ3v) is 5.42. The molecule has 0 bridgehead atoms. The highest BCUT2D eigenvalue weighted by Gasteiger charge is 2.58. The smallest absolute Gasteiger partial charge is 0.313 e. The van der Waals surface area contributed by atoms with Gasteiger partial charge in [0.2, 0.25) is 5.91 Å². The van der Waals surface area contributed by atoms with E-state index in [1.54, 1.807) is 11.0 Å². The van der Waals surface area contributed by atoms with E-state index in [-0.39, 0.29) is 30.8 Å². The Kier molecular flexibility index (Phi) is 4.79. The highest BCUT2D eigenvalue weighted by atomic mass is 19.1. The van der Waals surface area contributed by atoms with Gasteiger partial charge in [-0.3, -0.25) is 14.5 Å². The van der Waals surface area contributed by atoms with Crippen molar-refractivity contribution in [2.24, 2.45) is 11.3 Å². The molecule has 1 N–H and O–H groups in total. The van der Waals surface area contributed by atoms with Gasteiger partial charge in [0, 0.05) is 45.8 Å². The van der Waals surface area contributed by atoms with Crippen LogP contribution in [0.1, 0.15) is 11.1 Å². The summed E-state index contributed by atoms with van der Waals surface area (Å²) < 4.78 is 18.1. The average Bonchev–Trinajstić information content (AvgIpc) is 3.05. The highest BCUT2D eigenvalue weighted by Crippen LogP contribution is 2.43. The maximum absolute atomic E-state index is 13.3. The summed E-state index contributed by atoms with van der Waals surface area (Å²) in [4.78, 5) is 27.7. The van der Waals surface area contributed by atoms with Crippen LogP contribution in [-0.4, -0.2) is 66.7 Å². The van der Waals surface area contributed by atoms with Crippen LogP contribution in [0.4, 0.5) is 4.39 Å². The van der Waals surface area contributed by atoms with Gasteiger partial charge in [-0.25, -0.2) is 4.39 Å². The van der Waals surface area contributed by atoms with Gasteiger partial charge in [-0.05, 0) is 30.2 Å². The number of methoxy groups -OCH3 is 1.